The molecule has 0 radical (unpaired) electrons. The number of hydrogen-bond acceptors (Lipinski definition) is 2. The van der Waals surface area contributed by atoms with Crippen LogP contribution in [0.4, 0.5) is 0 Å². The van der Waals surface area contributed by atoms with Crippen molar-refractivity contribution in [1.82, 2.24) is 9.97 Å². The SMILES string of the molecule is Cc1cccc(-c2nc(CC(C)C)cc(=O)[nH]2)c1C. The van der Waals surface area contributed by atoms with Gasteiger partial charge in [0.25, 0.3) is 5.56 Å². The Morgan fingerprint density at radius 3 is 2.68 bits per heavy atom. The van der Waals surface area contributed by atoms with E-state index in [0.29, 0.717) is 11.7 Å². The van der Waals surface area contributed by atoms with E-state index < -0.39 is 0 Å². The van der Waals surface area contributed by atoms with E-state index in [1.807, 2.05) is 12.1 Å². The normalized spacial score (nSPS) is 11.0. The molecule has 100 valence electrons. The molecule has 19 heavy (non-hydrogen) atoms. The maximum atomic E-state index is 11.8. The summed E-state index contributed by atoms with van der Waals surface area (Å²) >= 11 is 0. The van der Waals surface area contributed by atoms with Crippen molar-refractivity contribution < 1.29 is 0 Å². The molecule has 0 spiro atoms. The Labute approximate surface area is 113 Å². The molecule has 1 N–H and O–H groups in total. The summed E-state index contributed by atoms with van der Waals surface area (Å²) < 4.78 is 0. The van der Waals surface area contributed by atoms with Gasteiger partial charge in [0.1, 0.15) is 5.82 Å². The van der Waals surface area contributed by atoms with Crippen molar-refractivity contribution in [2.75, 3.05) is 0 Å². The van der Waals surface area contributed by atoms with Crippen molar-refractivity contribution in [3.63, 3.8) is 0 Å². The third-order valence-corrected chi connectivity index (χ3v) is 3.27. The molecule has 3 nitrogen and oxygen atoms in total. The molecule has 2 aromatic rings. The van der Waals surface area contributed by atoms with Gasteiger partial charge in [-0.25, -0.2) is 4.98 Å². The minimum Gasteiger partial charge on any atom is -0.307 e. The summed E-state index contributed by atoms with van der Waals surface area (Å²) in [5.74, 6) is 1.16. The average Bonchev–Trinajstić information content (AvgIpc) is 2.31. The lowest BCUT2D eigenvalue weighted by Gasteiger charge is -2.10. The number of nitrogens with zero attached hydrogens (tertiary/aromatic N) is 1. The molecule has 0 saturated carbocycles. The molecule has 0 saturated heterocycles. The van der Waals surface area contributed by atoms with Gasteiger partial charge >= 0.3 is 0 Å². The second kappa shape index (κ2) is 5.39. The first-order valence-electron chi connectivity index (χ1n) is 6.64. The zero-order valence-corrected chi connectivity index (χ0v) is 11.9. The molecule has 1 aromatic carbocycles. The highest BCUT2D eigenvalue weighted by Crippen LogP contribution is 2.21. The van der Waals surface area contributed by atoms with Crippen LogP contribution in [0.25, 0.3) is 11.4 Å². The van der Waals surface area contributed by atoms with Crippen LogP contribution in [0.15, 0.2) is 29.1 Å². The van der Waals surface area contributed by atoms with Gasteiger partial charge in [0.2, 0.25) is 0 Å². The predicted molar refractivity (Wildman–Crippen MR) is 78.3 cm³/mol. The van der Waals surface area contributed by atoms with E-state index >= 15 is 0 Å². The minimum absolute atomic E-state index is 0.0819. The van der Waals surface area contributed by atoms with Crippen LogP contribution in [-0.4, -0.2) is 9.97 Å². The highest BCUT2D eigenvalue weighted by molar-refractivity contribution is 5.61. The molecule has 0 aliphatic rings. The van der Waals surface area contributed by atoms with E-state index in [1.165, 1.54) is 5.56 Å². The number of aromatic amines is 1. The molecule has 0 unspecified atom stereocenters. The Bertz CT molecular complexity index is 641. The molecule has 2 rings (SSSR count). The van der Waals surface area contributed by atoms with E-state index in [9.17, 15) is 4.79 Å². The largest absolute Gasteiger partial charge is 0.307 e. The summed E-state index contributed by atoms with van der Waals surface area (Å²) in [4.78, 5) is 19.2. The topological polar surface area (TPSA) is 45.8 Å². The van der Waals surface area contributed by atoms with E-state index in [2.05, 4.69) is 43.7 Å². The standard InChI is InChI=1S/C16H20N2O/c1-10(2)8-13-9-15(19)18-16(17-13)14-7-5-6-11(3)12(14)4/h5-7,9-10H,8H2,1-4H3,(H,17,18,19). The van der Waals surface area contributed by atoms with E-state index in [1.54, 1.807) is 6.07 Å². The Morgan fingerprint density at radius 1 is 1.26 bits per heavy atom. The molecule has 1 aromatic heterocycles. The monoisotopic (exact) mass is 256 g/mol. The van der Waals surface area contributed by atoms with Gasteiger partial charge in [-0.3, -0.25) is 4.79 Å². The highest BCUT2D eigenvalue weighted by Gasteiger charge is 2.09. The first-order chi connectivity index (χ1) is 8.97. The van der Waals surface area contributed by atoms with Crippen LogP contribution in [-0.2, 0) is 6.42 Å². The Kier molecular flexibility index (Phi) is 3.84. The number of aromatic nitrogens is 2. The second-order valence-electron chi connectivity index (χ2n) is 5.43. The molecule has 1 heterocycles. The van der Waals surface area contributed by atoms with Crippen LogP contribution < -0.4 is 5.56 Å². The van der Waals surface area contributed by atoms with E-state index in [-0.39, 0.29) is 5.56 Å². The summed E-state index contributed by atoms with van der Waals surface area (Å²) in [6, 6.07) is 7.65. The van der Waals surface area contributed by atoms with Gasteiger partial charge in [-0.15, -0.1) is 0 Å². The molecular weight excluding hydrogens is 236 g/mol. The van der Waals surface area contributed by atoms with Crippen molar-refractivity contribution in [1.29, 1.82) is 0 Å². The van der Waals surface area contributed by atoms with Gasteiger partial charge in [-0.05, 0) is 37.3 Å². The molecule has 0 fully saturated rings. The molecule has 0 aliphatic carbocycles. The summed E-state index contributed by atoms with van der Waals surface area (Å²) in [6.07, 6.45) is 0.821. The minimum atomic E-state index is -0.0819. The second-order valence-corrected chi connectivity index (χ2v) is 5.43. The van der Waals surface area contributed by atoms with Crippen LogP contribution in [0.3, 0.4) is 0 Å². The van der Waals surface area contributed by atoms with Gasteiger partial charge in [-0.1, -0.05) is 32.0 Å². The third kappa shape index (κ3) is 3.11. The zero-order valence-electron chi connectivity index (χ0n) is 11.9. The first-order valence-corrected chi connectivity index (χ1v) is 6.64. The summed E-state index contributed by atoms with van der Waals surface area (Å²) in [6.45, 7) is 8.37. The van der Waals surface area contributed by atoms with Gasteiger partial charge in [-0.2, -0.15) is 0 Å². The molecule has 3 heteroatoms. The fourth-order valence-corrected chi connectivity index (χ4v) is 2.17. The number of nitrogens with one attached hydrogen (secondary N) is 1. The fraction of sp³-hybridized carbons (Fsp3) is 0.375. The van der Waals surface area contributed by atoms with Crippen LogP contribution in [0.1, 0.15) is 30.7 Å². The molecule has 0 amide bonds. The van der Waals surface area contributed by atoms with Crippen molar-refractivity contribution in [2.45, 2.75) is 34.1 Å². The maximum Gasteiger partial charge on any atom is 0.251 e. The lowest BCUT2D eigenvalue weighted by Crippen LogP contribution is -2.12. The fourth-order valence-electron chi connectivity index (χ4n) is 2.17. The maximum absolute atomic E-state index is 11.8. The van der Waals surface area contributed by atoms with Crippen LogP contribution in [0.2, 0.25) is 0 Å². The summed E-state index contributed by atoms with van der Waals surface area (Å²) in [5.41, 5.74) is 4.14. The van der Waals surface area contributed by atoms with Crippen molar-refractivity contribution in [3.05, 3.63) is 51.4 Å². The summed E-state index contributed by atoms with van der Waals surface area (Å²) in [7, 11) is 0. The number of rotatable bonds is 3. The number of hydrogen-bond donors (Lipinski definition) is 1. The highest BCUT2D eigenvalue weighted by atomic mass is 16.1. The lowest BCUT2D eigenvalue weighted by molar-refractivity contribution is 0.634. The Morgan fingerprint density at radius 2 is 2.00 bits per heavy atom. The van der Waals surface area contributed by atoms with Gasteiger partial charge in [0, 0.05) is 17.3 Å². The van der Waals surface area contributed by atoms with Crippen molar-refractivity contribution in [3.8, 4) is 11.4 Å². The Hall–Kier alpha value is -1.90. The van der Waals surface area contributed by atoms with Gasteiger partial charge in [0.05, 0.1) is 0 Å². The van der Waals surface area contributed by atoms with E-state index in [4.69, 9.17) is 0 Å². The molecular formula is C16H20N2O. The molecule has 0 bridgehead atoms. The zero-order chi connectivity index (χ0) is 14.0. The summed E-state index contributed by atoms with van der Waals surface area (Å²) in [5, 5.41) is 0. The number of aryl methyl sites for hydroxylation is 1. The van der Waals surface area contributed by atoms with Crippen molar-refractivity contribution >= 4 is 0 Å². The van der Waals surface area contributed by atoms with Crippen LogP contribution in [0, 0.1) is 19.8 Å². The van der Waals surface area contributed by atoms with Gasteiger partial charge in [0.15, 0.2) is 0 Å². The van der Waals surface area contributed by atoms with Crippen molar-refractivity contribution in [2.24, 2.45) is 5.92 Å². The van der Waals surface area contributed by atoms with Crippen LogP contribution in [0.5, 0.6) is 0 Å². The Balaban J connectivity index is 2.53. The smallest absolute Gasteiger partial charge is 0.251 e. The number of benzene rings is 1. The number of H-pyrrole nitrogens is 1. The lowest BCUT2D eigenvalue weighted by atomic mass is 10.0. The molecule has 0 aliphatic heterocycles. The van der Waals surface area contributed by atoms with Gasteiger partial charge < -0.3 is 4.98 Å². The predicted octanol–water partition coefficient (Wildman–Crippen LogP) is 3.25. The molecule has 0 atom stereocenters. The average molecular weight is 256 g/mol. The third-order valence-electron chi connectivity index (χ3n) is 3.27. The van der Waals surface area contributed by atoms with E-state index in [0.717, 1.165) is 23.2 Å². The quantitative estimate of drug-likeness (QED) is 0.916. The van der Waals surface area contributed by atoms with Crippen LogP contribution >= 0.6 is 0 Å². The first kappa shape index (κ1) is 13.5.